The van der Waals surface area contributed by atoms with Gasteiger partial charge in [-0.25, -0.2) is 0 Å². The summed E-state index contributed by atoms with van der Waals surface area (Å²) in [4.78, 5) is 43.7. The summed E-state index contributed by atoms with van der Waals surface area (Å²) < 4.78 is 0. The standard InChI is InChI=1S/C10H17N3O6/c1-5(11)9(18)13-6(2-3-7(14)15)10(19)12-4-8(16)17/h5-6H,2-4,11H2,1H3,(H,12,19)(H,13,18)(H,14,15)(H,16,17)/t5-,6-/m0/s1. The van der Waals surface area contributed by atoms with Crippen molar-refractivity contribution >= 4 is 23.8 Å². The van der Waals surface area contributed by atoms with Crippen LogP contribution in [0.15, 0.2) is 0 Å². The summed E-state index contributed by atoms with van der Waals surface area (Å²) in [6.45, 7) is 0.787. The Morgan fingerprint density at radius 2 is 1.68 bits per heavy atom. The van der Waals surface area contributed by atoms with Gasteiger partial charge in [-0.1, -0.05) is 0 Å². The van der Waals surface area contributed by atoms with E-state index in [4.69, 9.17) is 15.9 Å². The Morgan fingerprint density at radius 1 is 1.11 bits per heavy atom. The predicted octanol–water partition coefficient (Wildman–Crippen LogP) is -2.12. The molecule has 2 amide bonds. The summed E-state index contributed by atoms with van der Waals surface area (Å²) >= 11 is 0. The number of amides is 2. The highest BCUT2D eigenvalue weighted by molar-refractivity contribution is 5.91. The first kappa shape index (κ1) is 16.8. The van der Waals surface area contributed by atoms with Gasteiger partial charge in [-0.3, -0.25) is 19.2 Å². The number of aliphatic carboxylic acids is 2. The fourth-order valence-electron chi connectivity index (χ4n) is 1.13. The molecule has 0 bridgehead atoms. The van der Waals surface area contributed by atoms with E-state index in [2.05, 4.69) is 10.6 Å². The minimum atomic E-state index is -1.25. The van der Waals surface area contributed by atoms with Gasteiger partial charge in [0.05, 0.1) is 6.04 Å². The van der Waals surface area contributed by atoms with E-state index in [-0.39, 0.29) is 12.8 Å². The van der Waals surface area contributed by atoms with Crippen molar-refractivity contribution in [2.24, 2.45) is 5.73 Å². The summed E-state index contributed by atoms with van der Waals surface area (Å²) in [5.41, 5.74) is 5.31. The molecule has 0 aromatic carbocycles. The predicted molar refractivity (Wildman–Crippen MR) is 63.1 cm³/mol. The summed E-state index contributed by atoms with van der Waals surface area (Å²) in [5.74, 6) is -3.77. The molecule has 0 aliphatic heterocycles. The zero-order valence-electron chi connectivity index (χ0n) is 10.4. The van der Waals surface area contributed by atoms with E-state index >= 15 is 0 Å². The monoisotopic (exact) mass is 275 g/mol. The Hall–Kier alpha value is -2.16. The number of carboxylic acids is 2. The largest absolute Gasteiger partial charge is 0.481 e. The van der Waals surface area contributed by atoms with E-state index in [0.717, 1.165) is 0 Å². The van der Waals surface area contributed by atoms with Crippen molar-refractivity contribution in [1.29, 1.82) is 0 Å². The van der Waals surface area contributed by atoms with E-state index in [0.29, 0.717) is 0 Å². The third-order valence-electron chi connectivity index (χ3n) is 2.11. The minimum Gasteiger partial charge on any atom is -0.481 e. The average Bonchev–Trinajstić information content (AvgIpc) is 2.30. The van der Waals surface area contributed by atoms with Gasteiger partial charge in [0, 0.05) is 6.42 Å². The molecule has 0 aliphatic rings. The fourth-order valence-corrected chi connectivity index (χ4v) is 1.13. The molecular weight excluding hydrogens is 258 g/mol. The number of carboxylic acid groups (broad SMARTS) is 2. The molecule has 0 radical (unpaired) electrons. The average molecular weight is 275 g/mol. The molecule has 0 aromatic heterocycles. The first-order valence-corrected chi connectivity index (χ1v) is 5.51. The van der Waals surface area contributed by atoms with Gasteiger partial charge < -0.3 is 26.6 Å². The maximum Gasteiger partial charge on any atom is 0.322 e. The highest BCUT2D eigenvalue weighted by atomic mass is 16.4. The summed E-state index contributed by atoms with van der Waals surface area (Å²) in [7, 11) is 0. The number of carbonyl (C=O) groups excluding carboxylic acids is 2. The van der Waals surface area contributed by atoms with Gasteiger partial charge in [0.2, 0.25) is 11.8 Å². The second-order valence-electron chi connectivity index (χ2n) is 3.89. The molecule has 108 valence electrons. The number of carbonyl (C=O) groups is 4. The lowest BCUT2D eigenvalue weighted by atomic mass is 10.1. The van der Waals surface area contributed by atoms with Crippen LogP contribution in [0.3, 0.4) is 0 Å². The zero-order chi connectivity index (χ0) is 15.0. The lowest BCUT2D eigenvalue weighted by molar-refractivity contribution is -0.140. The van der Waals surface area contributed by atoms with Crippen LogP contribution in [0.25, 0.3) is 0 Å². The summed E-state index contributed by atoms with van der Waals surface area (Å²) in [5, 5.41) is 21.3. The van der Waals surface area contributed by atoms with Crippen LogP contribution in [0, 0.1) is 0 Å². The second kappa shape index (κ2) is 8.03. The molecule has 2 atom stereocenters. The highest BCUT2D eigenvalue weighted by Crippen LogP contribution is 1.99. The van der Waals surface area contributed by atoms with Gasteiger partial charge in [0.1, 0.15) is 12.6 Å². The van der Waals surface area contributed by atoms with Crippen LogP contribution in [0.4, 0.5) is 0 Å². The van der Waals surface area contributed by atoms with Gasteiger partial charge >= 0.3 is 11.9 Å². The molecule has 0 saturated carbocycles. The Morgan fingerprint density at radius 3 is 2.11 bits per heavy atom. The Bertz CT molecular complexity index is 368. The van der Waals surface area contributed by atoms with Crippen LogP contribution in [-0.4, -0.2) is 52.6 Å². The van der Waals surface area contributed by atoms with Crippen LogP contribution in [-0.2, 0) is 19.2 Å². The maximum atomic E-state index is 11.6. The fraction of sp³-hybridized carbons (Fsp3) is 0.600. The van der Waals surface area contributed by atoms with Gasteiger partial charge in [-0.2, -0.15) is 0 Å². The normalized spacial score (nSPS) is 13.2. The summed E-state index contributed by atoms with van der Waals surface area (Å²) in [6.07, 6.45) is -0.496. The van der Waals surface area contributed by atoms with Crippen molar-refractivity contribution in [2.45, 2.75) is 31.8 Å². The molecule has 0 fully saturated rings. The smallest absolute Gasteiger partial charge is 0.322 e. The van der Waals surface area contributed by atoms with Gasteiger partial charge in [-0.05, 0) is 13.3 Å². The molecule has 6 N–H and O–H groups in total. The van der Waals surface area contributed by atoms with Gasteiger partial charge in [-0.15, -0.1) is 0 Å². The highest BCUT2D eigenvalue weighted by Gasteiger charge is 2.23. The number of rotatable bonds is 8. The minimum absolute atomic E-state index is 0.154. The zero-order valence-corrected chi connectivity index (χ0v) is 10.4. The van der Waals surface area contributed by atoms with Gasteiger partial charge in [0.15, 0.2) is 0 Å². The third-order valence-corrected chi connectivity index (χ3v) is 2.11. The van der Waals surface area contributed by atoms with E-state index in [1.54, 1.807) is 0 Å². The van der Waals surface area contributed by atoms with E-state index in [1.807, 2.05) is 0 Å². The van der Waals surface area contributed by atoms with Crippen molar-refractivity contribution in [3.63, 3.8) is 0 Å². The number of hydrogen-bond donors (Lipinski definition) is 5. The first-order chi connectivity index (χ1) is 8.73. The SMILES string of the molecule is C[C@H](N)C(=O)N[C@@H](CCC(=O)O)C(=O)NCC(=O)O. The molecular formula is C10H17N3O6. The van der Waals surface area contributed by atoms with Gasteiger partial charge in [0.25, 0.3) is 0 Å². The van der Waals surface area contributed by atoms with Crippen LogP contribution in [0.1, 0.15) is 19.8 Å². The molecule has 9 nitrogen and oxygen atoms in total. The molecule has 0 aliphatic carbocycles. The quantitative estimate of drug-likeness (QED) is 0.338. The Balaban J connectivity index is 4.55. The van der Waals surface area contributed by atoms with Crippen molar-refractivity contribution in [3.05, 3.63) is 0 Å². The van der Waals surface area contributed by atoms with Crippen LogP contribution in [0.5, 0.6) is 0 Å². The lowest BCUT2D eigenvalue weighted by Crippen LogP contribution is -2.51. The van der Waals surface area contributed by atoms with E-state index in [1.165, 1.54) is 6.92 Å². The molecule has 0 unspecified atom stereocenters. The second-order valence-corrected chi connectivity index (χ2v) is 3.89. The number of hydrogen-bond acceptors (Lipinski definition) is 5. The molecule has 0 aromatic rings. The van der Waals surface area contributed by atoms with Crippen LogP contribution in [0.2, 0.25) is 0 Å². The van der Waals surface area contributed by atoms with Crippen LogP contribution >= 0.6 is 0 Å². The number of nitrogens with two attached hydrogens (primary N) is 1. The molecule has 19 heavy (non-hydrogen) atoms. The van der Waals surface area contributed by atoms with Crippen LogP contribution < -0.4 is 16.4 Å². The molecule has 9 heteroatoms. The lowest BCUT2D eigenvalue weighted by Gasteiger charge is -2.18. The first-order valence-electron chi connectivity index (χ1n) is 5.51. The molecule has 0 spiro atoms. The molecule has 0 saturated heterocycles. The van der Waals surface area contributed by atoms with Crippen molar-refractivity contribution < 1.29 is 29.4 Å². The topological polar surface area (TPSA) is 159 Å². The Labute approximate surface area is 109 Å². The van der Waals surface area contributed by atoms with Crippen molar-refractivity contribution in [1.82, 2.24) is 10.6 Å². The third kappa shape index (κ3) is 7.71. The van der Waals surface area contributed by atoms with Crippen molar-refractivity contribution in [2.75, 3.05) is 6.54 Å². The Kier molecular flexibility index (Phi) is 7.12. The molecule has 0 heterocycles. The number of nitrogens with one attached hydrogen (secondary N) is 2. The summed E-state index contributed by atoms with van der Waals surface area (Å²) in [6, 6.07) is -1.99. The van der Waals surface area contributed by atoms with E-state index in [9.17, 15) is 19.2 Å². The van der Waals surface area contributed by atoms with Crippen molar-refractivity contribution in [3.8, 4) is 0 Å². The maximum absolute atomic E-state index is 11.6. The molecule has 0 rings (SSSR count). The van der Waals surface area contributed by atoms with E-state index < -0.39 is 42.4 Å².